The van der Waals surface area contributed by atoms with Crippen LogP contribution in [0.4, 0.5) is 0 Å². The zero-order valence-electron chi connectivity index (χ0n) is 10.2. The Morgan fingerprint density at radius 2 is 2.22 bits per heavy atom. The first-order chi connectivity index (χ1) is 8.83. The first-order valence-corrected chi connectivity index (χ1v) is 6.43. The van der Waals surface area contributed by atoms with E-state index in [0.717, 1.165) is 11.1 Å². The van der Waals surface area contributed by atoms with Crippen LogP contribution in [-0.2, 0) is 0 Å². The van der Waals surface area contributed by atoms with Gasteiger partial charge in [0.25, 0.3) is 0 Å². The molecule has 1 aliphatic carbocycles. The Hall–Kier alpha value is -1.68. The highest BCUT2D eigenvalue weighted by Crippen LogP contribution is 2.18. The van der Waals surface area contributed by atoms with Gasteiger partial charge < -0.3 is 9.73 Å². The third kappa shape index (κ3) is 2.29. The molecule has 18 heavy (non-hydrogen) atoms. The Morgan fingerprint density at radius 3 is 3.06 bits per heavy atom. The Kier molecular flexibility index (Phi) is 3.11. The number of carbonyl (C=O) groups excluding carboxylic acids is 1. The van der Waals surface area contributed by atoms with Gasteiger partial charge in [0.15, 0.2) is 17.8 Å². The van der Waals surface area contributed by atoms with Crippen molar-refractivity contribution in [2.75, 3.05) is 6.54 Å². The third-order valence-corrected chi connectivity index (χ3v) is 3.56. The van der Waals surface area contributed by atoms with Crippen molar-refractivity contribution in [3.63, 3.8) is 0 Å². The predicted octanol–water partition coefficient (Wildman–Crippen LogP) is 2.54. The SMILES string of the molecule is O=C(CNC1CCCC1)c1ccc2ocnc2c1. The van der Waals surface area contributed by atoms with Gasteiger partial charge in [0, 0.05) is 11.6 Å². The summed E-state index contributed by atoms with van der Waals surface area (Å²) in [6, 6.07) is 5.90. The molecular weight excluding hydrogens is 228 g/mol. The summed E-state index contributed by atoms with van der Waals surface area (Å²) in [6.07, 6.45) is 6.33. The van der Waals surface area contributed by atoms with E-state index in [0.29, 0.717) is 18.2 Å². The molecule has 1 aliphatic rings. The topological polar surface area (TPSA) is 55.1 Å². The van der Waals surface area contributed by atoms with E-state index in [1.165, 1.54) is 32.1 Å². The summed E-state index contributed by atoms with van der Waals surface area (Å²) in [4.78, 5) is 16.1. The van der Waals surface area contributed by atoms with Crippen LogP contribution >= 0.6 is 0 Å². The fraction of sp³-hybridized carbons (Fsp3) is 0.429. The molecule has 1 N–H and O–H groups in total. The zero-order valence-corrected chi connectivity index (χ0v) is 10.2. The first kappa shape index (κ1) is 11.4. The standard InChI is InChI=1S/C14H16N2O2/c17-13(8-15-11-3-1-2-4-11)10-5-6-14-12(7-10)16-9-18-14/h5-7,9,11,15H,1-4,8H2. The highest BCUT2D eigenvalue weighted by atomic mass is 16.3. The number of hydrogen-bond donors (Lipinski definition) is 1. The molecule has 0 atom stereocenters. The van der Waals surface area contributed by atoms with Crippen molar-refractivity contribution >= 4 is 16.9 Å². The number of rotatable bonds is 4. The van der Waals surface area contributed by atoms with Crippen molar-refractivity contribution in [3.8, 4) is 0 Å². The number of oxazole rings is 1. The van der Waals surface area contributed by atoms with E-state index >= 15 is 0 Å². The Morgan fingerprint density at radius 1 is 1.39 bits per heavy atom. The molecule has 4 nitrogen and oxygen atoms in total. The lowest BCUT2D eigenvalue weighted by Gasteiger charge is -2.10. The molecule has 0 saturated heterocycles. The highest BCUT2D eigenvalue weighted by molar-refractivity contribution is 5.99. The minimum Gasteiger partial charge on any atom is -0.443 e. The maximum Gasteiger partial charge on any atom is 0.181 e. The molecule has 0 aliphatic heterocycles. The normalized spacial score (nSPS) is 16.4. The number of carbonyl (C=O) groups is 1. The number of nitrogens with one attached hydrogen (secondary N) is 1. The molecule has 0 radical (unpaired) electrons. The van der Waals surface area contributed by atoms with Gasteiger partial charge in [-0.1, -0.05) is 12.8 Å². The number of ketones is 1. The van der Waals surface area contributed by atoms with Crippen LogP contribution < -0.4 is 5.32 Å². The molecule has 4 heteroatoms. The van der Waals surface area contributed by atoms with Crippen molar-refractivity contribution in [1.29, 1.82) is 0 Å². The molecule has 1 fully saturated rings. The van der Waals surface area contributed by atoms with Crippen LogP contribution in [0.25, 0.3) is 11.1 Å². The highest BCUT2D eigenvalue weighted by Gasteiger charge is 2.16. The molecule has 0 amide bonds. The number of fused-ring (bicyclic) bond motifs is 1. The maximum atomic E-state index is 12.0. The van der Waals surface area contributed by atoms with E-state index in [9.17, 15) is 4.79 Å². The van der Waals surface area contributed by atoms with Gasteiger partial charge in [-0.05, 0) is 31.0 Å². The van der Waals surface area contributed by atoms with Crippen LogP contribution in [0.5, 0.6) is 0 Å². The van der Waals surface area contributed by atoms with E-state index in [1.807, 2.05) is 0 Å². The van der Waals surface area contributed by atoms with Crippen LogP contribution in [0.3, 0.4) is 0 Å². The average Bonchev–Trinajstić information content (AvgIpc) is 3.05. The average molecular weight is 244 g/mol. The predicted molar refractivity (Wildman–Crippen MR) is 68.6 cm³/mol. The zero-order chi connectivity index (χ0) is 12.4. The van der Waals surface area contributed by atoms with Crippen LogP contribution in [0, 0.1) is 0 Å². The summed E-state index contributed by atoms with van der Waals surface area (Å²) in [5, 5.41) is 3.33. The number of nitrogens with zero attached hydrogens (tertiary/aromatic N) is 1. The van der Waals surface area contributed by atoms with Crippen molar-refractivity contribution in [1.82, 2.24) is 10.3 Å². The lowest BCUT2D eigenvalue weighted by molar-refractivity contribution is 0.0987. The third-order valence-electron chi connectivity index (χ3n) is 3.56. The smallest absolute Gasteiger partial charge is 0.181 e. The lowest BCUT2D eigenvalue weighted by Crippen LogP contribution is -2.31. The van der Waals surface area contributed by atoms with Gasteiger partial charge in [-0.15, -0.1) is 0 Å². The van der Waals surface area contributed by atoms with Gasteiger partial charge in [0.2, 0.25) is 0 Å². The van der Waals surface area contributed by atoms with E-state index in [2.05, 4.69) is 10.3 Å². The molecule has 0 unspecified atom stereocenters. The number of benzene rings is 1. The molecule has 1 saturated carbocycles. The summed E-state index contributed by atoms with van der Waals surface area (Å²) in [6.45, 7) is 0.411. The van der Waals surface area contributed by atoms with Crippen molar-refractivity contribution in [2.24, 2.45) is 0 Å². The molecule has 94 valence electrons. The van der Waals surface area contributed by atoms with Crippen molar-refractivity contribution in [3.05, 3.63) is 30.2 Å². The molecular formula is C14H16N2O2. The second kappa shape index (κ2) is 4.90. The van der Waals surface area contributed by atoms with Gasteiger partial charge in [0.05, 0.1) is 6.54 Å². The molecule has 1 aromatic carbocycles. The summed E-state index contributed by atoms with van der Waals surface area (Å²) in [5.74, 6) is 0.117. The molecule has 0 spiro atoms. The fourth-order valence-electron chi connectivity index (χ4n) is 2.50. The van der Waals surface area contributed by atoms with Crippen molar-refractivity contribution in [2.45, 2.75) is 31.7 Å². The quantitative estimate of drug-likeness (QED) is 0.840. The van der Waals surface area contributed by atoms with Gasteiger partial charge in [-0.2, -0.15) is 0 Å². The monoisotopic (exact) mass is 244 g/mol. The second-order valence-electron chi connectivity index (χ2n) is 4.82. The van der Waals surface area contributed by atoms with Crippen LogP contribution in [-0.4, -0.2) is 23.4 Å². The number of hydrogen-bond acceptors (Lipinski definition) is 4. The Balaban J connectivity index is 1.67. The van der Waals surface area contributed by atoms with Crippen LogP contribution in [0.1, 0.15) is 36.0 Å². The molecule has 1 aromatic heterocycles. The Bertz CT molecular complexity index is 556. The summed E-state index contributed by atoms with van der Waals surface area (Å²) in [5.41, 5.74) is 2.15. The second-order valence-corrected chi connectivity index (χ2v) is 4.82. The van der Waals surface area contributed by atoms with Gasteiger partial charge in [-0.25, -0.2) is 4.98 Å². The molecule has 0 bridgehead atoms. The summed E-state index contributed by atoms with van der Waals surface area (Å²) < 4.78 is 5.16. The first-order valence-electron chi connectivity index (χ1n) is 6.43. The van der Waals surface area contributed by atoms with E-state index in [4.69, 9.17) is 4.42 Å². The van der Waals surface area contributed by atoms with Gasteiger partial charge in [-0.3, -0.25) is 4.79 Å². The maximum absolute atomic E-state index is 12.0. The number of aromatic nitrogens is 1. The van der Waals surface area contributed by atoms with E-state index in [-0.39, 0.29) is 5.78 Å². The Labute approximate surface area is 105 Å². The van der Waals surface area contributed by atoms with Crippen LogP contribution in [0.2, 0.25) is 0 Å². The van der Waals surface area contributed by atoms with Gasteiger partial charge in [0.1, 0.15) is 5.52 Å². The molecule has 3 rings (SSSR count). The largest absolute Gasteiger partial charge is 0.443 e. The van der Waals surface area contributed by atoms with E-state index < -0.39 is 0 Å². The lowest BCUT2D eigenvalue weighted by atomic mass is 10.1. The minimum atomic E-state index is 0.117. The number of Topliss-reactive ketones (excluding diaryl/α,β-unsaturated/α-hetero) is 1. The fourth-order valence-corrected chi connectivity index (χ4v) is 2.50. The van der Waals surface area contributed by atoms with E-state index in [1.54, 1.807) is 18.2 Å². The minimum absolute atomic E-state index is 0.117. The van der Waals surface area contributed by atoms with Crippen LogP contribution in [0.15, 0.2) is 29.0 Å². The summed E-state index contributed by atoms with van der Waals surface area (Å²) >= 11 is 0. The molecule has 1 heterocycles. The van der Waals surface area contributed by atoms with Gasteiger partial charge >= 0.3 is 0 Å². The van der Waals surface area contributed by atoms with Crippen molar-refractivity contribution < 1.29 is 9.21 Å². The molecule has 2 aromatic rings. The summed E-state index contributed by atoms with van der Waals surface area (Å²) in [7, 11) is 0.